The molecule has 1 unspecified atom stereocenters. The zero-order valence-electron chi connectivity index (χ0n) is 9.75. The first kappa shape index (κ1) is 13.7. The molecule has 1 fully saturated rings. The van der Waals surface area contributed by atoms with Crippen LogP contribution in [-0.2, 0) is 14.8 Å². The Labute approximate surface area is 115 Å². The first-order valence-electron chi connectivity index (χ1n) is 5.78. The zero-order valence-corrected chi connectivity index (χ0v) is 12.2. The Hall–Kier alpha value is -0.720. The molecule has 0 saturated carbocycles. The average Bonchev–Trinajstić information content (AvgIpc) is 2.38. The van der Waals surface area contributed by atoms with Crippen LogP contribution in [0.1, 0.15) is 19.3 Å². The predicted molar refractivity (Wildman–Crippen MR) is 71.7 cm³/mol. The van der Waals surface area contributed by atoms with Gasteiger partial charge in [0, 0.05) is 11.0 Å². The van der Waals surface area contributed by atoms with Gasteiger partial charge >= 0.3 is 0 Å². The molecule has 1 atom stereocenters. The number of aldehydes is 1. The molecule has 6 heteroatoms. The van der Waals surface area contributed by atoms with E-state index in [0.717, 1.165) is 19.1 Å². The van der Waals surface area contributed by atoms with Crippen LogP contribution < -0.4 is 0 Å². The molecule has 0 radical (unpaired) electrons. The average molecular weight is 332 g/mol. The van der Waals surface area contributed by atoms with Crippen molar-refractivity contribution in [2.24, 2.45) is 0 Å². The van der Waals surface area contributed by atoms with Crippen molar-refractivity contribution in [2.75, 3.05) is 6.54 Å². The fourth-order valence-corrected chi connectivity index (χ4v) is 4.36. The van der Waals surface area contributed by atoms with E-state index >= 15 is 0 Å². The van der Waals surface area contributed by atoms with E-state index in [-0.39, 0.29) is 4.90 Å². The summed E-state index contributed by atoms with van der Waals surface area (Å²) in [4.78, 5) is 11.2. The van der Waals surface area contributed by atoms with Gasteiger partial charge < -0.3 is 4.79 Å². The number of nitrogens with zero attached hydrogens (tertiary/aromatic N) is 1. The maximum Gasteiger partial charge on any atom is 0.243 e. The van der Waals surface area contributed by atoms with Crippen molar-refractivity contribution < 1.29 is 13.2 Å². The third-order valence-corrected chi connectivity index (χ3v) is 5.47. The van der Waals surface area contributed by atoms with E-state index < -0.39 is 16.1 Å². The first-order chi connectivity index (χ1) is 8.55. The molecular formula is C12H14BrNO3S. The molecule has 1 aromatic carbocycles. The maximum absolute atomic E-state index is 12.5. The fourth-order valence-electron chi connectivity index (χ4n) is 2.13. The first-order valence-corrected chi connectivity index (χ1v) is 8.02. The number of hydrogen-bond donors (Lipinski definition) is 0. The number of hydrogen-bond acceptors (Lipinski definition) is 3. The molecule has 1 aromatic rings. The van der Waals surface area contributed by atoms with Crippen molar-refractivity contribution in [3.05, 3.63) is 28.7 Å². The molecule has 0 amide bonds. The molecule has 1 aliphatic rings. The van der Waals surface area contributed by atoms with Gasteiger partial charge in [0.25, 0.3) is 0 Å². The van der Waals surface area contributed by atoms with E-state index in [1.54, 1.807) is 24.3 Å². The van der Waals surface area contributed by atoms with Crippen LogP contribution in [0.4, 0.5) is 0 Å². The van der Waals surface area contributed by atoms with Gasteiger partial charge in [-0.05, 0) is 31.0 Å². The molecule has 98 valence electrons. The lowest BCUT2D eigenvalue weighted by molar-refractivity contribution is -0.111. The second-order valence-corrected chi connectivity index (χ2v) is 7.08. The highest BCUT2D eigenvalue weighted by molar-refractivity contribution is 9.10. The Bertz CT molecular complexity index is 544. The number of piperidine rings is 1. The normalized spacial score (nSPS) is 21.7. The minimum atomic E-state index is -3.57. The molecule has 18 heavy (non-hydrogen) atoms. The molecule has 2 rings (SSSR count). The van der Waals surface area contributed by atoms with Crippen LogP contribution in [0.5, 0.6) is 0 Å². The quantitative estimate of drug-likeness (QED) is 0.798. The summed E-state index contributed by atoms with van der Waals surface area (Å²) in [6.07, 6.45) is 3.04. The lowest BCUT2D eigenvalue weighted by Crippen LogP contribution is -2.44. The number of carbonyl (C=O) groups excluding carboxylic acids is 1. The molecule has 0 bridgehead atoms. The van der Waals surface area contributed by atoms with Crippen LogP contribution in [0.25, 0.3) is 0 Å². The third kappa shape index (κ3) is 2.65. The predicted octanol–water partition coefficient (Wildman–Crippen LogP) is 2.19. The number of halogens is 1. The van der Waals surface area contributed by atoms with Gasteiger partial charge in [0.15, 0.2) is 0 Å². The van der Waals surface area contributed by atoms with Crippen molar-refractivity contribution in [3.63, 3.8) is 0 Å². The monoisotopic (exact) mass is 331 g/mol. The summed E-state index contributed by atoms with van der Waals surface area (Å²) in [6.45, 7) is 0.415. The Morgan fingerprint density at radius 1 is 1.33 bits per heavy atom. The van der Waals surface area contributed by atoms with Crippen molar-refractivity contribution >= 4 is 32.2 Å². The second kappa shape index (κ2) is 5.50. The number of rotatable bonds is 3. The maximum atomic E-state index is 12.5. The third-order valence-electron chi connectivity index (χ3n) is 3.06. The van der Waals surface area contributed by atoms with Crippen LogP contribution in [0, 0.1) is 0 Å². The molecule has 4 nitrogen and oxygen atoms in total. The van der Waals surface area contributed by atoms with Gasteiger partial charge in [-0.15, -0.1) is 0 Å². The fraction of sp³-hybridized carbons (Fsp3) is 0.417. The van der Waals surface area contributed by atoms with E-state index in [9.17, 15) is 13.2 Å². The van der Waals surface area contributed by atoms with Crippen molar-refractivity contribution in [1.29, 1.82) is 0 Å². The van der Waals surface area contributed by atoms with Gasteiger partial charge in [0.2, 0.25) is 10.0 Å². The van der Waals surface area contributed by atoms with Crippen molar-refractivity contribution in [2.45, 2.75) is 30.2 Å². The summed E-state index contributed by atoms with van der Waals surface area (Å²) < 4.78 is 26.9. The lowest BCUT2D eigenvalue weighted by Gasteiger charge is -2.31. The van der Waals surface area contributed by atoms with Gasteiger partial charge in [-0.2, -0.15) is 4.31 Å². The number of sulfonamides is 1. The number of benzene rings is 1. The highest BCUT2D eigenvalue weighted by atomic mass is 79.9. The van der Waals surface area contributed by atoms with Crippen LogP contribution in [0.3, 0.4) is 0 Å². The Balaban J connectivity index is 2.38. The highest BCUT2D eigenvalue weighted by Crippen LogP contribution is 2.25. The second-order valence-electron chi connectivity index (χ2n) is 4.27. The van der Waals surface area contributed by atoms with Crippen LogP contribution in [0.15, 0.2) is 33.6 Å². The largest absolute Gasteiger partial charge is 0.302 e. The summed E-state index contributed by atoms with van der Waals surface area (Å²) in [5, 5.41) is 0. The highest BCUT2D eigenvalue weighted by Gasteiger charge is 2.33. The molecule has 0 N–H and O–H groups in total. The minimum Gasteiger partial charge on any atom is -0.302 e. The van der Waals surface area contributed by atoms with Gasteiger partial charge in [0.1, 0.15) is 6.29 Å². The smallest absolute Gasteiger partial charge is 0.243 e. The standard InChI is InChI=1S/C12H14BrNO3S/c13-10-4-3-6-12(8-10)18(16,17)14-7-2-1-5-11(14)9-15/h3-4,6,8-9,11H,1-2,5,7H2. The van der Waals surface area contributed by atoms with Gasteiger partial charge in [-0.3, -0.25) is 0 Å². The summed E-state index contributed by atoms with van der Waals surface area (Å²) in [5.41, 5.74) is 0. The molecule has 1 saturated heterocycles. The van der Waals surface area contributed by atoms with E-state index in [0.29, 0.717) is 17.4 Å². The van der Waals surface area contributed by atoms with Crippen molar-refractivity contribution in [1.82, 2.24) is 4.31 Å². The van der Waals surface area contributed by atoms with Gasteiger partial charge in [-0.25, -0.2) is 8.42 Å². The van der Waals surface area contributed by atoms with E-state index in [1.165, 1.54) is 4.31 Å². The molecular weight excluding hydrogens is 318 g/mol. The van der Waals surface area contributed by atoms with Gasteiger partial charge in [-0.1, -0.05) is 28.4 Å². The van der Waals surface area contributed by atoms with Crippen LogP contribution >= 0.6 is 15.9 Å². The Kier molecular flexibility index (Phi) is 4.19. The van der Waals surface area contributed by atoms with E-state index in [1.807, 2.05) is 0 Å². The zero-order chi connectivity index (χ0) is 13.2. The molecule has 0 spiro atoms. The van der Waals surface area contributed by atoms with E-state index in [4.69, 9.17) is 0 Å². The Morgan fingerprint density at radius 2 is 2.11 bits per heavy atom. The number of carbonyl (C=O) groups is 1. The molecule has 1 heterocycles. The van der Waals surface area contributed by atoms with Crippen LogP contribution in [0.2, 0.25) is 0 Å². The van der Waals surface area contributed by atoms with Gasteiger partial charge in [0.05, 0.1) is 10.9 Å². The summed E-state index contributed by atoms with van der Waals surface area (Å²) in [6, 6.07) is 6.04. The molecule has 0 aromatic heterocycles. The summed E-state index contributed by atoms with van der Waals surface area (Å²) >= 11 is 3.26. The lowest BCUT2D eigenvalue weighted by atomic mass is 10.1. The Morgan fingerprint density at radius 3 is 2.78 bits per heavy atom. The summed E-state index contributed by atoms with van der Waals surface area (Å²) in [5.74, 6) is 0. The summed E-state index contributed by atoms with van der Waals surface area (Å²) in [7, 11) is -3.57. The minimum absolute atomic E-state index is 0.227. The van der Waals surface area contributed by atoms with E-state index in [2.05, 4.69) is 15.9 Å². The molecule has 1 aliphatic heterocycles. The SMILES string of the molecule is O=CC1CCCCN1S(=O)(=O)c1cccc(Br)c1. The van der Waals surface area contributed by atoms with Crippen LogP contribution in [-0.4, -0.2) is 31.6 Å². The topological polar surface area (TPSA) is 54.5 Å². The molecule has 0 aliphatic carbocycles. The van der Waals surface area contributed by atoms with Crippen molar-refractivity contribution in [3.8, 4) is 0 Å².